The molecule has 0 spiro atoms. The number of aromatic nitrogens is 2. The molecule has 12 rings (SSSR count). The van der Waals surface area contributed by atoms with Gasteiger partial charge in [-0.15, -0.1) is 11.3 Å². The van der Waals surface area contributed by atoms with Crippen LogP contribution in [0.1, 0.15) is 0 Å². The van der Waals surface area contributed by atoms with E-state index < -0.39 is 0 Å². The predicted octanol–water partition coefficient (Wildman–Crippen LogP) is 14.3. The van der Waals surface area contributed by atoms with E-state index in [-0.39, 0.29) is 0 Å². The molecule has 0 fully saturated rings. The summed E-state index contributed by atoms with van der Waals surface area (Å²) in [6, 6.07) is 66.0. The second-order valence-corrected chi connectivity index (χ2v) is 15.2. The van der Waals surface area contributed by atoms with Crippen molar-refractivity contribution < 1.29 is 4.42 Å². The minimum absolute atomic E-state index is 0.879. The maximum Gasteiger partial charge on any atom is 0.213 e. The molecule has 0 aliphatic carbocycles. The van der Waals surface area contributed by atoms with E-state index in [1.807, 2.05) is 17.4 Å². The minimum atomic E-state index is 0.879. The van der Waals surface area contributed by atoms with Crippen LogP contribution in [0.5, 0.6) is 0 Å². The van der Waals surface area contributed by atoms with Crippen LogP contribution in [0.3, 0.4) is 0 Å². The summed E-state index contributed by atoms with van der Waals surface area (Å²) in [6.07, 6.45) is 0. The van der Waals surface area contributed by atoms with Crippen molar-refractivity contribution in [3.63, 3.8) is 0 Å². The smallest absolute Gasteiger partial charge is 0.213 e. The fourth-order valence-electron chi connectivity index (χ4n) is 8.64. The highest BCUT2D eigenvalue weighted by atomic mass is 32.1. The molecule has 8 aromatic carbocycles. The lowest BCUT2D eigenvalue weighted by Crippen LogP contribution is -1.93. The summed E-state index contributed by atoms with van der Waals surface area (Å²) in [5, 5.41) is 8.63. The van der Waals surface area contributed by atoms with Crippen molar-refractivity contribution in [3.8, 4) is 33.6 Å². The summed E-state index contributed by atoms with van der Waals surface area (Å²) in [5.41, 5.74) is 12.4. The van der Waals surface area contributed by atoms with Gasteiger partial charge in [0.25, 0.3) is 0 Å². The van der Waals surface area contributed by atoms with E-state index in [9.17, 15) is 0 Å². The lowest BCUT2D eigenvalue weighted by Gasteiger charge is -2.10. The largest absolute Gasteiger partial charge is 0.439 e. The molecule has 4 aromatic heterocycles. The Morgan fingerprint density at radius 3 is 1.59 bits per heavy atom. The zero-order chi connectivity index (χ0) is 35.3. The first-order valence-corrected chi connectivity index (χ1v) is 19.2. The van der Waals surface area contributed by atoms with Crippen LogP contribution in [0.4, 0.5) is 0 Å². The number of hydrogen-bond donors (Lipinski definition) is 0. The normalized spacial score (nSPS) is 12.1. The van der Waals surface area contributed by atoms with Crippen LogP contribution in [0.25, 0.3) is 109 Å². The fourth-order valence-corrected chi connectivity index (χ4v) is 9.71. The van der Waals surface area contributed by atoms with Crippen molar-refractivity contribution in [3.05, 3.63) is 182 Å². The molecule has 4 heteroatoms. The molecule has 0 bridgehead atoms. The van der Waals surface area contributed by atoms with Crippen molar-refractivity contribution in [2.75, 3.05) is 0 Å². The topological polar surface area (TPSA) is 23.0 Å². The third kappa shape index (κ3) is 4.29. The van der Waals surface area contributed by atoms with E-state index >= 15 is 0 Å². The van der Waals surface area contributed by atoms with Gasteiger partial charge in [0.1, 0.15) is 5.58 Å². The lowest BCUT2D eigenvalue weighted by molar-refractivity contribution is 0.645. The highest BCUT2D eigenvalue weighted by Gasteiger charge is 2.20. The SMILES string of the molecule is c1ccc(-n2c3cc(-c4ccc5sc6ccc(-c7ccc(-n8c9ccccc9c9ccccc98)cc7)cc6c5c4)ccc3c3c4ccccc4oc32)cc1. The molecule has 0 radical (unpaired) electrons. The van der Waals surface area contributed by atoms with E-state index in [1.54, 1.807) is 0 Å². The number of fused-ring (bicyclic) bond motifs is 11. The Hall–Kier alpha value is -6.88. The molecular weight excluding hydrogens is 677 g/mol. The van der Waals surface area contributed by atoms with Gasteiger partial charge in [0, 0.05) is 53.1 Å². The van der Waals surface area contributed by atoms with E-state index in [2.05, 4.69) is 185 Å². The molecule has 0 amide bonds. The van der Waals surface area contributed by atoms with Crippen LogP contribution < -0.4 is 0 Å². The van der Waals surface area contributed by atoms with Gasteiger partial charge in [0.15, 0.2) is 0 Å². The number of hydrogen-bond acceptors (Lipinski definition) is 2. The molecular formula is C50H30N2OS. The van der Waals surface area contributed by atoms with Crippen molar-refractivity contribution in [1.29, 1.82) is 0 Å². The molecule has 0 atom stereocenters. The Bertz CT molecular complexity index is 3380. The molecule has 54 heavy (non-hydrogen) atoms. The van der Waals surface area contributed by atoms with Crippen LogP contribution in [0.15, 0.2) is 186 Å². The third-order valence-electron chi connectivity index (χ3n) is 11.1. The monoisotopic (exact) mass is 706 g/mol. The second kappa shape index (κ2) is 11.3. The zero-order valence-corrected chi connectivity index (χ0v) is 29.8. The first-order chi connectivity index (χ1) is 26.8. The third-order valence-corrected chi connectivity index (χ3v) is 12.3. The summed E-state index contributed by atoms with van der Waals surface area (Å²) in [7, 11) is 0. The minimum Gasteiger partial charge on any atom is -0.439 e. The first-order valence-electron chi connectivity index (χ1n) is 18.3. The average Bonchev–Trinajstić information content (AvgIpc) is 3.97. The molecule has 0 unspecified atom stereocenters. The average molecular weight is 707 g/mol. The van der Waals surface area contributed by atoms with Gasteiger partial charge in [-0.1, -0.05) is 109 Å². The van der Waals surface area contributed by atoms with Crippen LogP contribution in [-0.2, 0) is 0 Å². The number of benzene rings is 8. The molecule has 12 aromatic rings. The number of nitrogens with zero attached hydrogens (tertiary/aromatic N) is 2. The number of rotatable bonds is 4. The van der Waals surface area contributed by atoms with Crippen LogP contribution in [-0.4, -0.2) is 9.13 Å². The van der Waals surface area contributed by atoms with Gasteiger partial charge in [-0.25, -0.2) is 0 Å². The van der Waals surface area contributed by atoms with Gasteiger partial charge in [-0.2, -0.15) is 0 Å². The first kappa shape index (κ1) is 29.7. The van der Waals surface area contributed by atoms with Gasteiger partial charge in [-0.05, 0) is 95.1 Å². The number of para-hydroxylation sites is 4. The van der Waals surface area contributed by atoms with Crippen LogP contribution in [0, 0.1) is 0 Å². The summed E-state index contributed by atoms with van der Waals surface area (Å²) in [4.78, 5) is 0. The van der Waals surface area contributed by atoms with Gasteiger partial charge < -0.3 is 8.98 Å². The molecule has 0 saturated heterocycles. The molecule has 0 N–H and O–H groups in total. The van der Waals surface area contributed by atoms with Crippen molar-refractivity contribution >= 4 is 86.3 Å². The second-order valence-electron chi connectivity index (χ2n) is 14.1. The standard InChI is InChI=1S/C50H30N2OS/c1-2-10-35(11-3-1)52-45-30-34(20-25-39(45)49-40-14-6-9-17-46(40)53-50(49)52)33-22-27-48-42(29-33)41-28-32(21-26-47(41)54-48)31-18-23-36(24-19-31)51-43-15-7-4-12-37(43)38-13-5-8-16-44(38)51/h1-30H. The Labute approximate surface area is 314 Å². The van der Waals surface area contributed by atoms with E-state index in [0.717, 1.165) is 33.3 Å². The molecule has 252 valence electrons. The molecule has 4 heterocycles. The molecule has 0 aliphatic rings. The van der Waals surface area contributed by atoms with Crippen LogP contribution in [0.2, 0.25) is 0 Å². The van der Waals surface area contributed by atoms with Crippen molar-refractivity contribution in [1.82, 2.24) is 9.13 Å². The van der Waals surface area contributed by atoms with E-state index in [4.69, 9.17) is 4.42 Å². The summed E-state index contributed by atoms with van der Waals surface area (Å²) in [5.74, 6) is 0. The highest BCUT2D eigenvalue weighted by molar-refractivity contribution is 7.25. The number of furan rings is 1. The van der Waals surface area contributed by atoms with Gasteiger partial charge in [-0.3, -0.25) is 4.57 Å². The Morgan fingerprint density at radius 1 is 0.352 bits per heavy atom. The summed E-state index contributed by atoms with van der Waals surface area (Å²) >= 11 is 1.86. The maximum atomic E-state index is 6.53. The zero-order valence-electron chi connectivity index (χ0n) is 29.0. The Kier molecular flexibility index (Phi) is 6.21. The summed E-state index contributed by atoms with van der Waals surface area (Å²) in [6.45, 7) is 0. The quantitative estimate of drug-likeness (QED) is 0.179. The molecule has 0 saturated carbocycles. The Morgan fingerprint density at radius 2 is 0.889 bits per heavy atom. The van der Waals surface area contributed by atoms with Gasteiger partial charge in [0.2, 0.25) is 5.71 Å². The number of thiophene rings is 1. The Balaban J connectivity index is 0.967. The fraction of sp³-hybridized carbons (Fsp3) is 0. The summed E-state index contributed by atoms with van der Waals surface area (Å²) < 4.78 is 13.8. The van der Waals surface area contributed by atoms with Crippen LogP contribution >= 0.6 is 11.3 Å². The van der Waals surface area contributed by atoms with E-state index in [1.165, 1.54) is 75.3 Å². The van der Waals surface area contributed by atoms with Crippen molar-refractivity contribution in [2.45, 2.75) is 0 Å². The lowest BCUT2D eigenvalue weighted by atomic mass is 9.99. The molecule has 3 nitrogen and oxygen atoms in total. The predicted molar refractivity (Wildman–Crippen MR) is 229 cm³/mol. The van der Waals surface area contributed by atoms with Gasteiger partial charge in [0.05, 0.1) is 21.9 Å². The highest BCUT2D eigenvalue weighted by Crippen LogP contribution is 2.42. The van der Waals surface area contributed by atoms with E-state index in [0.29, 0.717) is 0 Å². The molecule has 0 aliphatic heterocycles. The van der Waals surface area contributed by atoms with Gasteiger partial charge >= 0.3 is 0 Å². The maximum absolute atomic E-state index is 6.53. The van der Waals surface area contributed by atoms with Crippen molar-refractivity contribution in [2.24, 2.45) is 0 Å².